The second kappa shape index (κ2) is 5.71. The van der Waals surface area contributed by atoms with Gasteiger partial charge < -0.3 is 5.11 Å². The van der Waals surface area contributed by atoms with Crippen LogP contribution in [-0.2, 0) is 16.4 Å². The van der Waals surface area contributed by atoms with Gasteiger partial charge in [-0.3, -0.25) is 0 Å². The SMILES string of the molecule is CC(C)(C)S(=O)(=O)NCCc1ccc(C(=O)O)cc1. The molecule has 0 saturated heterocycles. The van der Waals surface area contributed by atoms with Crippen molar-refractivity contribution >= 4 is 16.0 Å². The molecular formula is C13H19NO4S. The predicted octanol–water partition coefficient (Wildman–Crippen LogP) is 1.65. The van der Waals surface area contributed by atoms with Crippen LogP contribution in [0.5, 0.6) is 0 Å². The minimum Gasteiger partial charge on any atom is -0.478 e. The third-order valence-electron chi connectivity index (χ3n) is 2.71. The average Bonchev–Trinajstić information content (AvgIpc) is 2.28. The second-order valence-electron chi connectivity index (χ2n) is 5.26. The van der Waals surface area contributed by atoms with E-state index in [2.05, 4.69) is 4.72 Å². The first-order valence-corrected chi connectivity index (χ1v) is 7.43. The Balaban J connectivity index is 2.57. The summed E-state index contributed by atoms with van der Waals surface area (Å²) in [5.74, 6) is -0.972. The van der Waals surface area contributed by atoms with Crippen LogP contribution < -0.4 is 4.72 Å². The normalized spacial score (nSPS) is 12.4. The van der Waals surface area contributed by atoms with Gasteiger partial charge >= 0.3 is 5.97 Å². The van der Waals surface area contributed by atoms with E-state index in [-0.39, 0.29) is 5.56 Å². The molecule has 0 amide bonds. The number of nitrogens with one attached hydrogen (secondary N) is 1. The van der Waals surface area contributed by atoms with Crippen LogP contribution >= 0.6 is 0 Å². The Morgan fingerprint density at radius 2 is 1.74 bits per heavy atom. The summed E-state index contributed by atoms with van der Waals surface area (Å²) in [5.41, 5.74) is 1.11. The quantitative estimate of drug-likeness (QED) is 0.861. The Labute approximate surface area is 113 Å². The van der Waals surface area contributed by atoms with Gasteiger partial charge in [-0.25, -0.2) is 17.9 Å². The third kappa shape index (κ3) is 4.33. The maximum absolute atomic E-state index is 11.8. The van der Waals surface area contributed by atoms with Crippen molar-refractivity contribution in [2.75, 3.05) is 6.54 Å². The van der Waals surface area contributed by atoms with E-state index in [1.807, 2.05) is 0 Å². The Morgan fingerprint density at radius 1 is 1.21 bits per heavy atom. The molecule has 1 rings (SSSR count). The molecular weight excluding hydrogens is 266 g/mol. The zero-order chi connectivity index (χ0) is 14.7. The zero-order valence-corrected chi connectivity index (χ0v) is 12.1. The second-order valence-corrected chi connectivity index (χ2v) is 7.78. The highest BCUT2D eigenvalue weighted by Gasteiger charge is 2.27. The third-order valence-corrected chi connectivity index (χ3v) is 4.91. The molecule has 1 aromatic rings. The summed E-state index contributed by atoms with van der Waals surface area (Å²) in [6, 6.07) is 6.40. The van der Waals surface area contributed by atoms with Gasteiger partial charge in [-0.05, 0) is 44.9 Å². The highest BCUT2D eigenvalue weighted by Crippen LogP contribution is 2.13. The molecule has 0 aromatic heterocycles. The van der Waals surface area contributed by atoms with Gasteiger partial charge in [0.05, 0.1) is 10.3 Å². The molecule has 1 aromatic carbocycles. The summed E-state index contributed by atoms with van der Waals surface area (Å²) in [4.78, 5) is 10.7. The molecule has 0 spiro atoms. The van der Waals surface area contributed by atoms with Crippen molar-refractivity contribution in [3.8, 4) is 0 Å². The number of benzene rings is 1. The van der Waals surface area contributed by atoms with E-state index in [1.54, 1.807) is 32.9 Å². The van der Waals surface area contributed by atoms with Gasteiger partial charge in [-0.1, -0.05) is 12.1 Å². The molecule has 0 aliphatic rings. The van der Waals surface area contributed by atoms with Crippen molar-refractivity contribution in [2.45, 2.75) is 31.9 Å². The molecule has 0 radical (unpaired) electrons. The Hall–Kier alpha value is -1.40. The largest absolute Gasteiger partial charge is 0.478 e. The number of carbonyl (C=O) groups is 1. The minimum atomic E-state index is -3.33. The van der Waals surface area contributed by atoms with Crippen molar-refractivity contribution in [1.82, 2.24) is 4.72 Å². The first-order valence-electron chi connectivity index (χ1n) is 5.95. The van der Waals surface area contributed by atoms with Gasteiger partial charge in [-0.2, -0.15) is 0 Å². The first kappa shape index (κ1) is 15.7. The molecule has 0 aliphatic carbocycles. The fraction of sp³-hybridized carbons (Fsp3) is 0.462. The summed E-state index contributed by atoms with van der Waals surface area (Å²) < 4.78 is 25.3. The molecule has 0 atom stereocenters. The van der Waals surface area contributed by atoms with Crippen LogP contribution in [0.1, 0.15) is 36.7 Å². The van der Waals surface area contributed by atoms with Gasteiger partial charge in [0.1, 0.15) is 0 Å². The molecule has 5 nitrogen and oxygen atoms in total. The summed E-state index contributed by atoms with van der Waals surface area (Å²) in [7, 11) is -3.33. The van der Waals surface area contributed by atoms with Gasteiger partial charge in [-0.15, -0.1) is 0 Å². The van der Waals surface area contributed by atoms with Crippen molar-refractivity contribution in [2.24, 2.45) is 0 Å². The average molecular weight is 285 g/mol. The smallest absolute Gasteiger partial charge is 0.335 e. The lowest BCUT2D eigenvalue weighted by atomic mass is 10.1. The maximum Gasteiger partial charge on any atom is 0.335 e. The molecule has 106 valence electrons. The van der Waals surface area contributed by atoms with Gasteiger partial charge in [0.25, 0.3) is 0 Å². The van der Waals surface area contributed by atoms with Gasteiger partial charge in [0.2, 0.25) is 10.0 Å². The molecule has 0 saturated carbocycles. The summed E-state index contributed by atoms with van der Waals surface area (Å²) in [6.45, 7) is 5.21. The molecule has 0 aliphatic heterocycles. The van der Waals surface area contributed by atoms with Crippen LogP contribution in [0.25, 0.3) is 0 Å². The fourth-order valence-electron chi connectivity index (χ4n) is 1.36. The lowest BCUT2D eigenvalue weighted by Gasteiger charge is -2.19. The van der Waals surface area contributed by atoms with E-state index >= 15 is 0 Å². The molecule has 0 heterocycles. The number of carboxylic acids is 1. The molecule has 6 heteroatoms. The predicted molar refractivity (Wildman–Crippen MR) is 73.8 cm³/mol. The molecule has 2 N–H and O–H groups in total. The van der Waals surface area contributed by atoms with Gasteiger partial charge in [0.15, 0.2) is 0 Å². The fourth-order valence-corrected chi connectivity index (χ4v) is 2.16. The van der Waals surface area contributed by atoms with Crippen LogP contribution in [0.2, 0.25) is 0 Å². The zero-order valence-electron chi connectivity index (χ0n) is 11.3. The van der Waals surface area contributed by atoms with Crippen molar-refractivity contribution in [3.63, 3.8) is 0 Å². The topological polar surface area (TPSA) is 83.5 Å². The summed E-state index contributed by atoms with van der Waals surface area (Å²) in [6.07, 6.45) is 0.523. The van der Waals surface area contributed by atoms with Crippen molar-refractivity contribution < 1.29 is 18.3 Å². The lowest BCUT2D eigenvalue weighted by Crippen LogP contribution is -2.40. The number of carboxylic acid groups (broad SMARTS) is 1. The van der Waals surface area contributed by atoms with E-state index in [0.29, 0.717) is 13.0 Å². The highest BCUT2D eigenvalue weighted by atomic mass is 32.2. The van der Waals surface area contributed by atoms with Crippen molar-refractivity contribution in [3.05, 3.63) is 35.4 Å². The molecule has 19 heavy (non-hydrogen) atoms. The van der Waals surface area contributed by atoms with E-state index in [9.17, 15) is 13.2 Å². The van der Waals surface area contributed by atoms with Gasteiger partial charge in [0, 0.05) is 6.54 Å². The molecule has 0 fully saturated rings. The molecule has 0 bridgehead atoms. The van der Waals surface area contributed by atoms with E-state index in [1.165, 1.54) is 12.1 Å². The van der Waals surface area contributed by atoms with Crippen LogP contribution in [0, 0.1) is 0 Å². The van der Waals surface area contributed by atoms with Crippen molar-refractivity contribution in [1.29, 1.82) is 0 Å². The monoisotopic (exact) mass is 285 g/mol. The van der Waals surface area contributed by atoms with Crippen LogP contribution in [0.4, 0.5) is 0 Å². The Morgan fingerprint density at radius 3 is 2.16 bits per heavy atom. The summed E-state index contributed by atoms with van der Waals surface area (Å²) in [5, 5.41) is 8.76. The summed E-state index contributed by atoms with van der Waals surface area (Å²) >= 11 is 0. The minimum absolute atomic E-state index is 0.221. The van der Waals surface area contributed by atoms with Crippen LogP contribution in [-0.4, -0.2) is 30.8 Å². The first-order chi connectivity index (χ1) is 8.63. The number of hydrogen-bond donors (Lipinski definition) is 2. The van der Waals surface area contributed by atoms with Crippen LogP contribution in [0.15, 0.2) is 24.3 Å². The van der Waals surface area contributed by atoms with E-state index in [4.69, 9.17) is 5.11 Å². The Kier molecular flexibility index (Phi) is 4.70. The highest BCUT2D eigenvalue weighted by molar-refractivity contribution is 7.90. The number of sulfonamides is 1. The number of hydrogen-bond acceptors (Lipinski definition) is 3. The van der Waals surface area contributed by atoms with E-state index in [0.717, 1.165) is 5.56 Å². The number of aromatic carboxylic acids is 1. The Bertz CT molecular complexity index is 541. The lowest BCUT2D eigenvalue weighted by molar-refractivity contribution is 0.0697. The maximum atomic E-state index is 11.8. The number of rotatable bonds is 5. The standard InChI is InChI=1S/C13H19NO4S/c1-13(2,3)19(17,18)14-9-8-10-4-6-11(7-5-10)12(15)16/h4-7,14H,8-9H2,1-3H3,(H,15,16). The van der Waals surface area contributed by atoms with Crippen LogP contribution in [0.3, 0.4) is 0 Å². The molecule has 0 unspecified atom stereocenters. The van der Waals surface area contributed by atoms with E-state index < -0.39 is 20.7 Å².